The van der Waals surface area contributed by atoms with Gasteiger partial charge in [0.1, 0.15) is 11.8 Å². The first-order chi connectivity index (χ1) is 7.72. The number of nitriles is 1. The van der Waals surface area contributed by atoms with Crippen LogP contribution in [0.3, 0.4) is 0 Å². The van der Waals surface area contributed by atoms with E-state index in [1.54, 1.807) is 0 Å². The molecule has 0 spiro atoms. The third-order valence-corrected chi connectivity index (χ3v) is 3.73. The Morgan fingerprint density at radius 2 is 2.31 bits per heavy atom. The Morgan fingerprint density at radius 1 is 1.56 bits per heavy atom. The molecule has 1 fully saturated rings. The largest absolute Gasteiger partial charge is 0.340 e. The van der Waals surface area contributed by atoms with E-state index in [4.69, 9.17) is 5.26 Å². The van der Waals surface area contributed by atoms with Crippen LogP contribution in [0.1, 0.15) is 36.2 Å². The first-order valence-electron chi connectivity index (χ1n) is 5.98. The molecule has 1 saturated carbocycles. The number of hydrogen-bond donors (Lipinski definition) is 1. The molecule has 0 bridgehead atoms. The molecule has 0 amide bonds. The van der Waals surface area contributed by atoms with Gasteiger partial charge in [0.15, 0.2) is 0 Å². The molecular weight excluding hydrogens is 198 g/mol. The fourth-order valence-corrected chi connectivity index (χ4v) is 2.16. The van der Waals surface area contributed by atoms with Crippen molar-refractivity contribution < 1.29 is 0 Å². The maximum Gasteiger partial charge on any atom is 0.120 e. The topological polar surface area (TPSA) is 40.8 Å². The van der Waals surface area contributed by atoms with Crippen molar-refractivity contribution in [3.8, 4) is 6.07 Å². The zero-order valence-corrected chi connectivity index (χ0v) is 10.1. The van der Waals surface area contributed by atoms with Crippen molar-refractivity contribution in [2.24, 2.45) is 13.0 Å². The first kappa shape index (κ1) is 11.2. The predicted molar refractivity (Wildman–Crippen MR) is 63.9 cm³/mol. The minimum absolute atomic E-state index is 0.748. The van der Waals surface area contributed by atoms with Gasteiger partial charge in [0.05, 0.1) is 0 Å². The van der Waals surface area contributed by atoms with Crippen molar-refractivity contribution in [3.63, 3.8) is 0 Å². The van der Waals surface area contributed by atoms with Crippen LogP contribution in [-0.4, -0.2) is 11.1 Å². The Morgan fingerprint density at radius 3 is 2.81 bits per heavy atom. The molecule has 0 aromatic carbocycles. The molecule has 3 nitrogen and oxygen atoms in total. The van der Waals surface area contributed by atoms with Crippen molar-refractivity contribution in [2.45, 2.75) is 32.7 Å². The van der Waals surface area contributed by atoms with Crippen LogP contribution < -0.4 is 5.32 Å². The van der Waals surface area contributed by atoms with Gasteiger partial charge >= 0.3 is 0 Å². The summed E-state index contributed by atoms with van der Waals surface area (Å²) in [5.41, 5.74) is 3.19. The smallest absolute Gasteiger partial charge is 0.120 e. The summed E-state index contributed by atoms with van der Waals surface area (Å²) in [6.07, 6.45) is 4.16. The molecule has 1 heterocycles. The normalized spacial score (nSPS) is 15.8. The lowest BCUT2D eigenvalue weighted by Crippen LogP contribution is -2.27. The number of nitrogens with zero attached hydrogens (tertiary/aromatic N) is 2. The molecule has 0 saturated heterocycles. The van der Waals surface area contributed by atoms with Gasteiger partial charge < -0.3 is 9.88 Å². The summed E-state index contributed by atoms with van der Waals surface area (Å²) in [4.78, 5) is 0. The van der Waals surface area contributed by atoms with Crippen LogP contribution >= 0.6 is 0 Å². The number of rotatable bonds is 4. The third-order valence-electron chi connectivity index (χ3n) is 3.73. The maximum absolute atomic E-state index is 8.93. The van der Waals surface area contributed by atoms with Gasteiger partial charge in [-0.1, -0.05) is 6.42 Å². The molecule has 0 unspecified atom stereocenters. The second-order valence-corrected chi connectivity index (χ2v) is 4.74. The predicted octanol–water partition coefficient (Wildman–Crippen LogP) is 2.09. The molecular formula is C13H19N3. The van der Waals surface area contributed by atoms with Gasteiger partial charge in [-0.25, -0.2) is 0 Å². The first-order valence-corrected chi connectivity index (χ1v) is 5.98. The van der Waals surface area contributed by atoms with Gasteiger partial charge in [-0.15, -0.1) is 0 Å². The van der Waals surface area contributed by atoms with Crippen LogP contribution in [0.2, 0.25) is 0 Å². The van der Waals surface area contributed by atoms with Crippen LogP contribution in [0.15, 0.2) is 6.07 Å². The number of nitrogens with one attached hydrogen (secondary N) is 1. The van der Waals surface area contributed by atoms with Crippen LogP contribution in [0.25, 0.3) is 0 Å². The Bertz CT molecular complexity index is 408. The lowest BCUT2D eigenvalue weighted by atomic mass is 9.85. The molecule has 1 aromatic rings. The van der Waals surface area contributed by atoms with Crippen molar-refractivity contribution in [3.05, 3.63) is 23.0 Å². The van der Waals surface area contributed by atoms with E-state index in [1.807, 2.05) is 17.7 Å². The summed E-state index contributed by atoms with van der Waals surface area (Å²) in [6.45, 7) is 4.08. The monoisotopic (exact) mass is 217 g/mol. The lowest BCUT2D eigenvalue weighted by Gasteiger charge is -2.25. The van der Waals surface area contributed by atoms with Crippen LogP contribution in [0.4, 0.5) is 0 Å². The van der Waals surface area contributed by atoms with Gasteiger partial charge in [-0.2, -0.15) is 5.26 Å². The molecule has 1 aliphatic carbocycles. The molecule has 1 aliphatic rings. The zero-order valence-electron chi connectivity index (χ0n) is 10.1. The number of hydrogen-bond acceptors (Lipinski definition) is 2. The summed E-state index contributed by atoms with van der Waals surface area (Å²) < 4.78 is 1.96. The summed E-state index contributed by atoms with van der Waals surface area (Å²) in [7, 11) is 1.95. The van der Waals surface area contributed by atoms with Crippen molar-refractivity contribution in [1.82, 2.24) is 9.88 Å². The summed E-state index contributed by atoms with van der Waals surface area (Å²) in [6, 6.07) is 4.20. The van der Waals surface area contributed by atoms with E-state index in [-0.39, 0.29) is 0 Å². The molecule has 1 N–H and O–H groups in total. The Hall–Kier alpha value is -1.27. The highest BCUT2D eigenvalue weighted by molar-refractivity contribution is 5.33. The van der Waals surface area contributed by atoms with Gasteiger partial charge in [-0.3, -0.25) is 0 Å². The molecule has 3 heteroatoms. The highest BCUT2D eigenvalue weighted by atomic mass is 15.0. The van der Waals surface area contributed by atoms with Crippen molar-refractivity contribution in [1.29, 1.82) is 5.26 Å². The van der Waals surface area contributed by atoms with Gasteiger partial charge in [0, 0.05) is 19.3 Å². The van der Waals surface area contributed by atoms with E-state index in [9.17, 15) is 0 Å². The number of aromatic nitrogens is 1. The molecule has 16 heavy (non-hydrogen) atoms. The fourth-order valence-electron chi connectivity index (χ4n) is 2.16. The highest BCUT2D eigenvalue weighted by Gasteiger charge is 2.16. The van der Waals surface area contributed by atoms with E-state index in [0.717, 1.165) is 24.7 Å². The Labute approximate surface area is 97.1 Å². The third kappa shape index (κ3) is 2.12. The van der Waals surface area contributed by atoms with E-state index < -0.39 is 0 Å². The van der Waals surface area contributed by atoms with E-state index in [1.165, 1.54) is 30.5 Å². The minimum atomic E-state index is 0.748. The molecule has 86 valence electrons. The maximum atomic E-state index is 8.93. The average molecular weight is 217 g/mol. The van der Waals surface area contributed by atoms with Crippen molar-refractivity contribution in [2.75, 3.05) is 6.54 Å². The SMILES string of the molecule is Cc1c(CNCC2CCC2)cc(C#N)n1C. The highest BCUT2D eigenvalue weighted by Crippen LogP contribution is 2.25. The fraction of sp³-hybridized carbons (Fsp3) is 0.615. The van der Waals surface area contributed by atoms with Gasteiger partial charge in [0.2, 0.25) is 0 Å². The molecule has 0 aliphatic heterocycles. The van der Waals surface area contributed by atoms with Crippen LogP contribution in [-0.2, 0) is 13.6 Å². The van der Waals surface area contributed by atoms with Crippen LogP contribution in [0, 0.1) is 24.2 Å². The van der Waals surface area contributed by atoms with E-state index in [0.29, 0.717) is 0 Å². The lowest BCUT2D eigenvalue weighted by molar-refractivity contribution is 0.301. The molecule has 1 aromatic heterocycles. The summed E-state index contributed by atoms with van der Waals surface area (Å²) in [5, 5.41) is 12.4. The molecule has 0 atom stereocenters. The van der Waals surface area contributed by atoms with E-state index in [2.05, 4.69) is 18.3 Å². The molecule has 2 rings (SSSR count). The standard InChI is InChI=1S/C13H19N3/c1-10-12(6-13(7-14)16(10)2)9-15-8-11-4-3-5-11/h6,11,15H,3-5,8-9H2,1-2H3. The molecule has 0 radical (unpaired) electrons. The van der Waals surface area contributed by atoms with Crippen molar-refractivity contribution >= 4 is 0 Å². The Kier molecular flexibility index (Phi) is 3.31. The summed E-state index contributed by atoms with van der Waals surface area (Å²) >= 11 is 0. The average Bonchev–Trinajstić information content (AvgIpc) is 2.49. The second-order valence-electron chi connectivity index (χ2n) is 4.74. The van der Waals surface area contributed by atoms with Gasteiger partial charge in [-0.05, 0) is 43.9 Å². The zero-order chi connectivity index (χ0) is 11.5. The Balaban J connectivity index is 1.91. The van der Waals surface area contributed by atoms with Gasteiger partial charge in [0.25, 0.3) is 0 Å². The van der Waals surface area contributed by atoms with Crippen LogP contribution in [0.5, 0.6) is 0 Å². The quantitative estimate of drug-likeness (QED) is 0.839. The summed E-state index contributed by atoms with van der Waals surface area (Å²) in [5.74, 6) is 0.888. The minimum Gasteiger partial charge on any atom is -0.340 e. The second kappa shape index (κ2) is 4.71. The van der Waals surface area contributed by atoms with E-state index >= 15 is 0 Å².